The Kier molecular flexibility index (Phi) is 3.14. The van der Waals surface area contributed by atoms with Gasteiger partial charge in [0.05, 0.1) is 17.8 Å². The summed E-state index contributed by atoms with van der Waals surface area (Å²) in [6.07, 6.45) is 1.71. The first kappa shape index (κ1) is 10.3. The summed E-state index contributed by atoms with van der Waals surface area (Å²) < 4.78 is 7.40. The number of pyridine rings is 1. The molecule has 0 N–H and O–H groups in total. The number of aromatic nitrogens is 1. The summed E-state index contributed by atoms with van der Waals surface area (Å²) in [5.74, 6) is 0.674. The molecule has 0 spiro atoms. The molecule has 0 atom stereocenters. The lowest BCUT2D eigenvalue weighted by molar-refractivity contribution is 0.402. The topological polar surface area (TPSA) is 31.2 Å². The highest BCUT2D eigenvalue weighted by Crippen LogP contribution is 2.22. The number of ether oxygens (including phenoxy) is 1. The van der Waals surface area contributed by atoms with Gasteiger partial charge in [-0.25, -0.2) is 0 Å². The number of hydrogen-bond acceptors (Lipinski definition) is 2. The zero-order valence-electron chi connectivity index (χ0n) is 7.87. The largest absolute Gasteiger partial charge is 0.494 e. The van der Waals surface area contributed by atoms with Gasteiger partial charge in [-0.3, -0.25) is 4.79 Å². The fourth-order valence-corrected chi connectivity index (χ4v) is 1.52. The first-order chi connectivity index (χ1) is 6.06. The molecule has 0 aliphatic rings. The maximum atomic E-state index is 11.4. The molecule has 0 saturated heterocycles. The third-order valence-corrected chi connectivity index (χ3v) is 2.39. The quantitative estimate of drug-likeness (QED) is 0.800. The van der Waals surface area contributed by atoms with E-state index in [2.05, 4.69) is 15.9 Å². The fourth-order valence-electron chi connectivity index (χ4n) is 1.06. The van der Waals surface area contributed by atoms with Gasteiger partial charge in [0, 0.05) is 12.1 Å². The van der Waals surface area contributed by atoms with Crippen LogP contribution in [-0.2, 0) is 0 Å². The Labute approximate surface area is 85.5 Å². The molecular formula is C9H12BrNO2. The van der Waals surface area contributed by atoms with Crippen molar-refractivity contribution in [3.05, 3.63) is 27.1 Å². The summed E-state index contributed by atoms with van der Waals surface area (Å²) in [7, 11) is 1.58. The Balaban J connectivity index is 3.31. The van der Waals surface area contributed by atoms with Crippen LogP contribution in [0.25, 0.3) is 0 Å². The van der Waals surface area contributed by atoms with Gasteiger partial charge in [-0.15, -0.1) is 0 Å². The Bertz CT molecular complexity index is 357. The van der Waals surface area contributed by atoms with E-state index in [1.165, 1.54) is 6.07 Å². The van der Waals surface area contributed by atoms with Crippen molar-refractivity contribution in [1.82, 2.24) is 4.57 Å². The average Bonchev–Trinajstić information content (AvgIpc) is 2.03. The van der Waals surface area contributed by atoms with Crippen LogP contribution < -0.4 is 10.3 Å². The van der Waals surface area contributed by atoms with Crippen molar-refractivity contribution in [2.24, 2.45) is 0 Å². The van der Waals surface area contributed by atoms with Crippen LogP contribution in [0.4, 0.5) is 0 Å². The number of methoxy groups -OCH3 is 1. The number of halogens is 1. The SMILES string of the molecule is COc1cn(C(C)C)c(=O)cc1Br. The highest BCUT2D eigenvalue weighted by atomic mass is 79.9. The van der Waals surface area contributed by atoms with E-state index in [4.69, 9.17) is 4.74 Å². The van der Waals surface area contributed by atoms with Gasteiger partial charge in [-0.05, 0) is 29.8 Å². The van der Waals surface area contributed by atoms with Gasteiger partial charge >= 0.3 is 0 Å². The van der Waals surface area contributed by atoms with Gasteiger partial charge in [0.1, 0.15) is 5.75 Å². The zero-order valence-corrected chi connectivity index (χ0v) is 9.46. The zero-order chi connectivity index (χ0) is 10.0. The molecule has 3 nitrogen and oxygen atoms in total. The predicted molar refractivity (Wildman–Crippen MR) is 55.3 cm³/mol. The van der Waals surface area contributed by atoms with Gasteiger partial charge in [0.15, 0.2) is 0 Å². The third-order valence-electron chi connectivity index (χ3n) is 1.77. The van der Waals surface area contributed by atoms with Crippen LogP contribution in [0, 0.1) is 0 Å². The lowest BCUT2D eigenvalue weighted by atomic mass is 10.3. The fraction of sp³-hybridized carbons (Fsp3) is 0.444. The van der Waals surface area contributed by atoms with Crippen LogP contribution >= 0.6 is 15.9 Å². The van der Waals surface area contributed by atoms with Gasteiger partial charge in [0.25, 0.3) is 5.56 Å². The molecule has 13 heavy (non-hydrogen) atoms. The van der Waals surface area contributed by atoms with Crippen molar-refractivity contribution in [2.45, 2.75) is 19.9 Å². The summed E-state index contributed by atoms with van der Waals surface area (Å²) in [5, 5.41) is 0. The molecule has 0 aromatic carbocycles. The van der Waals surface area contributed by atoms with E-state index in [0.717, 1.165) is 0 Å². The second-order valence-electron chi connectivity index (χ2n) is 3.03. The van der Waals surface area contributed by atoms with Crippen molar-refractivity contribution >= 4 is 15.9 Å². The van der Waals surface area contributed by atoms with Gasteiger partial charge < -0.3 is 9.30 Å². The lowest BCUT2D eigenvalue weighted by Gasteiger charge is -2.11. The lowest BCUT2D eigenvalue weighted by Crippen LogP contribution is -2.20. The molecule has 0 aliphatic carbocycles. The molecule has 0 radical (unpaired) electrons. The smallest absolute Gasteiger partial charge is 0.252 e. The summed E-state index contributed by atoms with van der Waals surface area (Å²) in [4.78, 5) is 11.4. The Morgan fingerprint density at radius 3 is 2.62 bits per heavy atom. The second-order valence-corrected chi connectivity index (χ2v) is 3.88. The molecule has 0 amide bonds. The van der Waals surface area contributed by atoms with E-state index in [0.29, 0.717) is 10.2 Å². The molecule has 0 fully saturated rings. The van der Waals surface area contributed by atoms with Crippen LogP contribution in [0.3, 0.4) is 0 Å². The minimum Gasteiger partial charge on any atom is -0.494 e. The first-order valence-electron chi connectivity index (χ1n) is 4.02. The highest BCUT2D eigenvalue weighted by Gasteiger charge is 2.06. The number of hydrogen-bond donors (Lipinski definition) is 0. The van der Waals surface area contributed by atoms with E-state index >= 15 is 0 Å². The number of rotatable bonds is 2. The summed E-state index contributed by atoms with van der Waals surface area (Å²) in [6, 6.07) is 1.66. The molecule has 0 unspecified atom stereocenters. The maximum absolute atomic E-state index is 11.4. The van der Waals surface area contributed by atoms with Crippen LogP contribution in [0.15, 0.2) is 21.5 Å². The minimum absolute atomic E-state index is 0.0253. The van der Waals surface area contributed by atoms with Crippen molar-refractivity contribution in [3.63, 3.8) is 0 Å². The second kappa shape index (κ2) is 3.96. The maximum Gasteiger partial charge on any atom is 0.252 e. The van der Waals surface area contributed by atoms with Crippen LogP contribution in [0.5, 0.6) is 5.75 Å². The van der Waals surface area contributed by atoms with E-state index in [1.807, 2.05) is 13.8 Å². The van der Waals surface area contributed by atoms with Gasteiger partial charge in [-0.1, -0.05) is 0 Å². The predicted octanol–water partition coefficient (Wildman–Crippen LogP) is 2.20. The Morgan fingerprint density at radius 1 is 1.54 bits per heavy atom. The molecular weight excluding hydrogens is 234 g/mol. The Hall–Kier alpha value is -0.770. The molecule has 1 heterocycles. The molecule has 0 aliphatic heterocycles. The van der Waals surface area contributed by atoms with Crippen LogP contribution in [0.2, 0.25) is 0 Å². The number of nitrogens with zero attached hydrogens (tertiary/aromatic N) is 1. The standard InChI is InChI=1S/C9H12BrNO2/c1-6(2)11-5-8(13-3)7(10)4-9(11)12/h4-6H,1-3H3. The van der Waals surface area contributed by atoms with E-state index < -0.39 is 0 Å². The van der Waals surface area contributed by atoms with Crippen molar-refractivity contribution in [2.75, 3.05) is 7.11 Å². The van der Waals surface area contributed by atoms with Gasteiger partial charge in [-0.2, -0.15) is 0 Å². The summed E-state index contributed by atoms with van der Waals surface area (Å²) in [6.45, 7) is 3.91. The Morgan fingerprint density at radius 2 is 2.15 bits per heavy atom. The molecule has 72 valence electrons. The highest BCUT2D eigenvalue weighted by molar-refractivity contribution is 9.10. The molecule has 1 aromatic heterocycles. The average molecular weight is 246 g/mol. The van der Waals surface area contributed by atoms with E-state index in [-0.39, 0.29) is 11.6 Å². The molecule has 1 aromatic rings. The molecule has 0 saturated carbocycles. The molecule has 1 rings (SSSR count). The van der Waals surface area contributed by atoms with Crippen LogP contribution in [-0.4, -0.2) is 11.7 Å². The van der Waals surface area contributed by atoms with Gasteiger partial charge in [0.2, 0.25) is 0 Å². The first-order valence-corrected chi connectivity index (χ1v) is 4.81. The minimum atomic E-state index is -0.0253. The summed E-state index contributed by atoms with van der Waals surface area (Å²) >= 11 is 3.25. The van der Waals surface area contributed by atoms with Crippen molar-refractivity contribution in [3.8, 4) is 5.75 Å². The summed E-state index contributed by atoms with van der Waals surface area (Å²) in [5.41, 5.74) is -0.0253. The van der Waals surface area contributed by atoms with E-state index in [1.54, 1.807) is 17.9 Å². The van der Waals surface area contributed by atoms with Crippen LogP contribution in [0.1, 0.15) is 19.9 Å². The molecule has 4 heteroatoms. The monoisotopic (exact) mass is 245 g/mol. The van der Waals surface area contributed by atoms with E-state index in [9.17, 15) is 4.79 Å². The third kappa shape index (κ3) is 2.12. The van der Waals surface area contributed by atoms with Crippen molar-refractivity contribution in [1.29, 1.82) is 0 Å². The van der Waals surface area contributed by atoms with Crippen molar-refractivity contribution < 1.29 is 4.74 Å². The normalized spacial score (nSPS) is 10.5. The molecule has 0 bridgehead atoms.